The minimum absolute atomic E-state index is 0.0682. The van der Waals surface area contributed by atoms with E-state index in [1.807, 2.05) is 37.3 Å². The van der Waals surface area contributed by atoms with E-state index in [-0.39, 0.29) is 5.78 Å². The number of carbonyl (C=O) groups excluding carboxylic acids is 1. The van der Waals surface area contributed by atoms with Gasteiger partial charge in [-0.05, 0) is 36.3 Å². The summed E-state index contributed by atoms with van der Waals surface area (Å²) in [7, 11) is 0. The van der Waals surface area contributed by atoms with E-state index in [9.17, 15) is 4.79 Å². The van der Waals surface area contributed by atoms with Gasteiger partial charge in [0.1, 0.15) is 0 Å². The van der Waals surface area contributed by atoms with Gasteiger partial charge in [-0.3, -0.25) is 4.79 Å². The minimum atomic E-state index is 0.0682. The average Bonchev–Trinajstić information content (AvgIpc) is 2.30. The number of carbonyl (C=O) groups is 1. The number of rotatable bonds is 2. The van der Waals surface area contributed by atoms with Gasteiger partial charge in [-0.25, -0.2) is 0 Å². The highest BCUT2D eigenvalue weighted by molar-refractivity contribution is 6.13. The number of allylic oxidation sites excluding steroid dienone is 2. The Labute approximate surface area is 95.4 Å². The van der Waals surface area contributed by atoms with Crippen molar-refractivity contribution >= 4 is 16.6 Å². The van der Waals surface area contributed by atoms with Crippen molar-refractivity contribution < 1.29 is 4.79 Å². The predicted molar refractivity (Wildman–Crippen MR) is 67.8 cm³/mol. The molecule has 2 aromatic carbocycles. The highest BCUT2D eigenvalue weighted by Gasteiger charge is 2.07. The fraction of sp³-hybridized carbons (Fsp3) is 0.133. The van der Waals surface area contributed by atoms with Gasteiger partial charge in [-0.1, -0.05) is 42.5 Å². The normalized spacial score (nSPS) is 11.1. The molecule has 0 heterocycles. The van der Waals surface area contributed by atoms with Crippen LogP contribution in [0, 0.1) is 6.92 Å². The average molecular weight is 210 g/mol. The second-order valence-electron chi connectivity index (χ2n) is 3.84. The summed E-state index contributed by atoms with van der Waals surface area (Å²) in [5, 5.41) is 2.18. The van der Waals surface area contributed by atoms with Gasteiger partial charge in [-0.15, -0.1) is 0 Å². The third-order valence-corrected chi connectivity index (χ3v) is 2.73. The van der Waals surface area contributed by atoms with Crippen LogP contribution in [0.1, 0.15) is 22.8 Å². The molecule has 0 aliphatic heterocycles. The zero-order valence-corrected chi connectivity index (χ0v) is 9.53. The van der Waals surface area contributed by atoms with Crippen LogP contribution >= 0.6 is 0 Å². The van der Waals surface area contributed by atoms with Gasteiger partial charge < -0.3 is 0 Å². The molecule has 16 heavy (non-hydrogen) atoms. The molecule has 2 aromatic rings. The largest absolute Gasteiger partial charge is 0.289 e. The summed E-state index contributed by atoms with van der Waals surface area (Å²) in [5.41, 5.74) is 1.98. The van der Waals surface area contributed by atoms with Gasteiger partial charge in [0.25, 0.3) is 0 Å². The number of benzene rings is 2. The summed E-state index contributed by atoms with van der Waals surface area (Å²) in [6.07, 6.45) is 3.38. The molecule has 0 aliphatic rings. The predicted octanol–water partition coefficient (Wildman–Crippen LogP) is 3.91. The standard InChI is InChI=1S/C15H14O/c1-3-6-15(16)14-10-9-11(2)12-7-4-5-8-13(12)14/h3-10H,1-2H3/b6-3+. The van der Waals surface area contributed by atoms with Crippen LogP contribution in [0.3, 0.4) is 0 Å². The van der Waals surface area contributed by atoms with Crippen molar-refractivity contribution in [2.24, 2.45) is 0 Å². The quantitative estimate of drug-likeness (QED) is 0.542. The first-order valence-electron chi connectivity index (χ1n) is 5.39. The van der Waals surface area contributed by atoms with E-state index in [1.165, 1.54) is 5.56 Å². The van der Waals surface area contributed by atoms with Crippen molar-refractivity contribution in [1.29, 1.82) is 0 Å². The summed E-state index contributed by atoms with van der Waals surface area (Å²) < 4.78 is 0. The van der Waals surface area contributed by atoms with Crippen molar-refractivity contribution in [3.63, 3.8) is 0 Å². The van der Waals surface area contributed by atoms with Crippen molar-refractivity contribution in [1.82, 2.24) is 0 Å². The molecule has 1 nitrogen and oxygen atoms in total. The number of hydrogen-bond donors (Lipinski definition) is 0. The van der Waals surface area contributed by atoms with Crippen LogP contribution in [-0.4, -0.2) is 5.78 Å². The molecule has 80 valence electrons. The van der Waals surface area contributed by atoms with Gasteiger partial charge in [0, 0.05) is 5.56 Å². The SMILES string of the molecule is C/C=C/C(=O)c1ccc(C)c2ccccc12. The van der Waals surface area contributed by atoms with Crippen LogP contribution in [0.2, 0.25) is 0 Å². The van der Waals surface area contributed by atoms with E-state index in [1.54, 1.807) is 12.2 Å². The van der Waals surface area contributed by atoms with Crippen LogP contribution in [0.25, 0.3) is 10.8 Å². The van der Waals surface area contributed by atoms with Crippen LogP contribution in [-0.2, 0) is 0 Å². The van der Waals surface area contributed by atoms with Gasteiger partial charge in [0.05, 0.1) is 0 Å². The third-order valence-electron chi connectivity index (χ3n) is 2.73. The first-order valence-corrected chi connectivity index (χ1v) is 5.39. The van der Waals surface area contributed by atoms with Crippen molar-refractivity contribution in [2.45, 2.75) is 13.8 Å². The lowest BCUT2D eigenvalue weighted by Gasteiger charge is -2.06. The van der Waals surface area contributed by atoms with E-state index in [4.69, 9.17) is 0 Å². The smallest absolute Gasteiger partial charge is 0.186 e. The lowest BCUT2D eigenvalue weighted by atomic mass is 9.98. The molecule has 0 fully saturated rings. The Morgan fingerprint density at radius 2 is 1.75 bits per heavy atom. The van der Waals surface area contributed by atoms with Crippen LogP contribution < -0.4 is 0 Å². The van der Waals surface area contributed by atoms with Gasteiger partial charge in [0.2, 0.25) is 0 Å². The zero-order chi connectivity index (χ0) is 11.5. The summed E-state index contributed by atoms with van der Waals surface area (Å²) in [6, 6.07) is 11.9. The molecule has 0 saturated carbocycles. The number of fused-ring (bicyclic) bond motifs is 1. The maximum absolute atomic E-state index is 11.9. The Bertz CT molecular complexity index is 565. The molecule has 0 N–H and O–H groups in total. The molecule has 0 saturated heterocycles. The van der Waals surface area contributed by atoms with Crippen molar-refractivity contribution in [2.75, 3.05) is 0 Å². The van der Waals surface area contributed by atoms with Gasteiger partial charge in [0.15, 0.2) is 5.78 Å². The van der Waals surface area contributed by atoms with Crippen LogP contribution in [0.4, 0.5) is 0 Å². The Balaban J connectivity index is 2.72. The summed E-state index contributed by atoms with van der Waals surface area (Å²) in [4.78, 5) is 11.9. The molecule has 1 heteroatoms. The fourth-order valence-electron chi connectivity index (χ4n) is 1.91. The summed E-state index contributed by atoms with van der Waals surface area (Å²) in [6.45, 7) is 3.92. The third kappa shape index (κ3) is 1.76. The Hall–Kier alpha value is -1.89. The summed E-state index contributed by atoms with van der Waals surface area (Å²) in [5.74, 6) is 0.0682. The number of hydrogen-bond acceptors (Lipinski definition) is 1. The molecule has 0 aromatic heterocycles. The summed E-state index contributed by atoms with van der Waals surface area (Å²) >= 11 is 0. The molecule has 0 unspecified atom stereocenters. The number of ketones is 1. The molecule has 0 bridgehead atoms. The van der Waals surface area contributed by atoms with Crippen LogP contribution in [0.5, 0.6) is 0 Å². The number of aryl methyl sites for hydroxylation is 1. The topological polar surface area (TPSA) is 17.1 Å². The highest BCUT2D eigenvalue weighted by atomic mass is 16.1. The second-order valence-corrected chi connectivity index (χ2v) is 3.84. The highest BCUT2D eigenvalue weighted by Crippen LogP contribution is 2.22. The molecule has 0 amide bonds. The lowest BCUT2D eigenvalue weighted by Crippen LogP contribution is -1.96. The first-order chi connectivity index (χ1) is 7.74. The fourth-order valence-corrected chi connectivity index (χ4v) is 1.91. The van der Waals surface area contributed by atoms with E-state index in [2.05, 4.69) is 13.0 Å². The molecular formula is C15H14O. The molecule has 0 atom stereocenters. The maximum Gasteiger partial charge on any atom is 0.186 e. The van der Waals surface area contributed by atoms with E-state index < -0.39 is 0 Å². The van der Waals surface area contributed by atoms with E-state index >= 15 is 0 Å². The molecule has 0 spiro atoms. The lowest BCUT2D eigenvalue weighted by molar-refractivity contribution is 0.104. The Kier molecular flexibility index (Phi) is 2.86. The molecule has 0 aliphatic carbocycles. The Morgan fingerprint density at radius 1 is 1.06 bits per heavy atom. The monoisotopic (exact) mass is 210 g/mol. The zero-order valence-electron chi connectivity index (χ0n) is 9.53. The maximum atomic E-state index is 11.9. The Morgan fingerprint density at radius 3 is 2.44 bits per heavy atom. The van der Waals surface area contributed by atoms with Crippen molar-refractivity contribution in [3.8, 4) is 0 Å². The van der Waals surface area contributed by atoms with E-state index in [0.717, 1.165) is 16.3 Å². The minimum Gasteiger partial charge on any atom is -0.289 e. The van der Waals surface area contributed by atoms with Crippen molar-refractivity contribution in [3.05, 3.63) is 59.7 Å². The van der Waals surface area contributed by atoms with E-state index in [0.29, 0.717) is 0 Å². The second kappa shape index (κ2) is 4.31. The molecule has 0 radical (unpaired) electrons. The molecular weight excluding hydrogens is 196 g/mol. The van der Waals surface area contributed by atoms with Gasteiger partial charge in [-0.2, -0.15) is 0 Å². The molecule has 2 rings (SSSR count). The van der Waals surface area contributed by atoms with Gasteiger partial charge >= 0.3 is 0 Å². The van der Waals surface area contributed by atoms with Crippen LogP contribution in [0.15, 0.2) is 48.6 Å². The first kappa shape index (κ1) is 10.6.